The zero-order valence-corrected chi connectivity index (χ0v) is 14.7. The monoisotopic (exact) mass is 363 g/mol. The highest BCUT2D eigenvalue weighted by Gasteiger charge is 2.30. The Hall–Kier alpha value is -2.19. The lowest BCUT2D eigenvalue weighted by molar-refractivity contribution is 0.390. The number of sulfonamides is 1. The third-order valence-corrected chi connectivity index (χ3v) is 6.47. The van der Waals surface area contributed by atoms with Gasteiger partial charge in [0.2, 0.25) is 10.0 Å². The van der Waals surface area contributed by atoms with E-state index in [0.29, 0.717) is 25.0 Å². The van der Waals surface area contributed by atoms with Gasteiger partial charge in [0.15, 0.2) is 5.76 Å². The van der Waals surface area contributed by atoms with Crippen molar-refractivity contribution in [2.75, 3.05) is 0 Å². The second kappa shape index (κ2) is 5.67. The molecule has 0 bridgehead atoms. The first-order valence-electron chi connectivity index (χ1n) is 8.09. The van der Waals surface area contributed by atoms with Crippen LogP contribution in [0.2, 0.25) is 0 Å². The molecule has 1 aliphatic carbocycles. The number of aromatic amines is 1. The highest BCUT2D eigenvalue weighted by molar-refractivity contribution is 7.89. The molecule has 25 heavy (non-hydrogen) atoms. The summed E-state index contributed by atoms with van der Waals surface area (Å²) in [5, 5.41) is 4.53. The molecule has 8 heteroatoms. The second-order valence-corrected chi connectivity index (χ2v) is 8.14. The van der Waals surface area contributed by atoms with E-state index in [2.05, 4.69) is 14.9 Å². The van der Waals surface area contributed by atoms with Crippen molar-refractivity contribution >= 4 is 20.9 Å². The molecule has 1 unspecified atom stereocenters. The van der Waals surface area contributed by atoms with Gasteiger partial charge in [0.1, 0.15) is 16.4 Å². The van der Waals surface area contributed by atoms with Crippen molar-refractivity contribution in [2.45, 2.75) is 44.0 Å². The zero-order chi connectivity index (χ0) is 17.8. The van der Waals surface area contributed by atoms with Gasteiger partial charge in [-0.25, -0.2) is 17.5 Å². The highest BCUT2D eigenvalue weighted by atomic mass is 32.2. The van der Waals surface area contributed by atoms with Gasteiger partial charge in [0, 0.05) is 22.6 Å². The third kappa shape index (κ3) is 2.75. The Kier molecular flexibility index (Phi) is 3.69. The van der Waals surface area contributed by atoms with E-state index in [1.165, 1.54) is 12.1 Å². The van der Waals surface area contributed by atoms with Crippen LogP contribution in [0, 0.1) is 19.7 Å². The van der Waals surface area contributed by atoms with E-state index in [4.69, 9.17) is 4.52 Å². The van der Waals surface area contributed by atoms with Crippen LogP contribution in [0.4, 0.5) is 4.39 Å². The molecule has 1 aliphatic rings. The van der Waals surface area contributed by atoms with Gasteiger partial charge in [-0.1, -0.05) is 5.16 Å². The number of hydrogen-bond donors (Lipinski definition) is 2. The van der Waals surface area contributed by atoms with E-state index in [9.17, 15) is 12.8 Å². The third-order valence-electron chi connectivity index (χ3n) is 4.71. The molecule has 0 saturated carbocycles. The summed E-state index contributed by atoms with van der Waals surface area (Å²) in [5.41, 5.74) is 3.25. The van der Waals surface area contributed by atoms with E-state index >= 15 is 0 Å². The topological polar surface area (TPSA) is 88.0 Å². The lowest BCUT2D eigenvalue weighted by Crippen LogP contribution is -2.39. The van der Waals surface area contributed by atoms with Gasteiger partial charge in [-0.2, -0.15) is 0 Å². The van der Waals surface area contributed by atoms with Crippen LogP contribution in [0.25, 0.3) is 10.9 Å². The molecule has 1 atom stereocenters. The van der Waals surface area contributed by atoms with Gasteiger partial charge in [-0.05, 0) is 56.9 Å². The van der Waals surface area contributed by atoms with Gasteiger partial charge in [0.05, 0.1) is 0 Å². The molecule has 4 rings (SSSR count). The number of benzene rings is 1. The molecule has 0 spiro atoms. The minimum absolute atomic E-state index is 0.100. The molecule has 0 radical (unpaired) electrons. The number of rotatable bonds is 3. The number of nitrogens with one attached hydrogen (secondary N) is 2. The Morgan fingerprint density at radius 1 is 1.36 bits per heavy atom. The number of nitrogens with zero attached hydrogens (tertiary/aromatic N) is 1. The maximum Gasteiger partial charge on any atom is 0.246 e. The predicted molar refractivity (Wildman–Crippen MR) is 90.4 cm³/mol. The number of aromatic nitrogens is 2. The SMILES string of the molecule is Cc1noc(C)c1S(=O)(=O)NC1CCc2[nH]c3ccc(F)cc3c2C1. The van der Waals surface area contributed by atoms with Crippen molar-refractivity contribution < 1.29 is 17.3 Å². The van der Waals surface area contributed by atoms with E-state index in [0.717, 1.165) is 22.2 Å². The number of aryl methyl sites for hydroxylation is 3. The first kappa shape index (κ1) is 16.3. The molecule has 6 nitrogen and oxygen atoms in total. The minimum atomic E-state index is -3.72. The van der Waals surface area contributed by atoms with Crippen LogP contribution in [-0.2, 0) is 22.9 Å². The van der Waals surface area contributed by atoms with Gasteiger partial charge in [0.25, 0.3) is 0 Å². The Morgan fingerprint density at radius 2 is 2.16 bits per heavy atom. The lowest BCUT2D eigenvalue weighted by Gasteiger charge is -2.23. The first-order chi connectivity index (χ1) is 11.8. The van der Waals surface area contributed by atoms with Gasteiger partial charge in [-0.3, -0.25) is 0 Å². The van der Waals surface area contributed by atoms with Crippen LogP contribution >= 0.6 is 0 Å². The quantitative estimate of drug-likeness (QED) is 0.749. The van der Waals surface area contributed by atoms with Crippen LogP contribution in [0.5, 0.6) is 0 Å². The van der Waals surface area contributed by atoms with Crippen LogP contribution in [0.3, 0.4) is 0 Å². The Morgan fingerprint density at radius 3 is 2.88 bits per heavy atom. The van der Waals surface area contributed by atoms with Crippen LogP contribution < -0.4 is 4.72 Å². The first-order valence-corrected chi connectivity index (χ1v) is 9.57. The fraction of sp³-hybridized carbons (Fsp3) is 0.353. The van der Waals surface area contributed by atoms with Crippen LogP contribution in [0.15, 0.2) is 27.6 Å². The number of H-pyrrole nitrogens is 1. The smallest absolute Gasteiger partial charge is 0.246 e. The molecule has 0 amide bonds. The molecular formula is C17H18FN3O3S. The van der Waals surface area contributed by atoms with Crippen molar-refractivity contribution in [1.82, 2.24) is 14.9 Å². The molecule has 2 heterocycles. The van der Waals surface area contributed by atoms with Crippen molar-refractivity contribution in [3.63, 3.8) is 0 Å². The summed E-state index contributed by atoms with van der Waals surface area (Å²) in [6.07, 6.45) is 1.90. The Labute approximate surface area is 144 Å². The average Bonchev–Trinajstić information content (AvgIpc) is 3.07. The molecular weight excluding hydrogens is 345 g/mol. The number of halogens is 1. The number of fused-ring (bicyclic) bond motifs is 3. The molecule has 0 aliphatic heterocycles. The van der Waals surface area contributed by atoms with E-state index in [1.54, 1.807) is 19.9 Å². The summed E-state index contributed by atoms with van der Waals surface area (Å²) in [7, 11) is -3.72. The average molecular weight is 363 g/mol. The Bertz CT molecular complexity index is 1050. The molecule has 0 fully saturated rings. The number of hydrogen-bond acceptors (Lipinski definition) is 4. The van der Waals surface area contributed by atoms with Crippen LogP contribution in [0.1, 0.15) is 29.1 Å². The van der Waals surface area contributed by atoms with Crippen LogP contribution in [-0.4, -0.2) is 24.6 Å². The van der Waals surface area contributed by atoms with E-state index in [-0.39, 0.29) is 22.5 Å². The lowest BCUT2D eigenvalue weighted by atomic mass is 9.92. The second-order valence-electron chi connectivity index (χ2n) is 6.49. The molecule has 0 saturated heterocycles. The largest absolute Gasteiger partial charge is 0.360 e. The summed E-state index contributed by atoms with van der Waals surface area (Å²) in [5.74, 6) is -0.0246. The van der Waals surface area contributed by atoms with Gasteiger partial charge in [-0.15, -0.1) is 0 Å². The normalized spacial score (nSPS) is 17.8. The maximum atomic E-state index is 13.6. The maximum absolute atomic E-state index is 13.6. The molecule has 132 valence electrons. The van der Waals surface area contributed by atoms with Crippen molar-refractivity contribution in [3.8, 4) is 0 Å². The standard InChI is InChI=1S/C17H18FN3O3S/c1-9-17(10(2)24-20-9)25(22,23)21-12-4-6-16-14(8-12)13-7-11(18)3-5-15(13)19-16/h3,5,7,12,19,21H,4,6,8H2,1-2H3. The van der Waals surface area contributed by atoms with Crippen molar-refractivity contribution in [2.24, 2.45) is 0 Å². The zero-order valence-electron chi connectivity index (χ0n) is 13.9. The van der Waals surface area contributed by atoms with Crippen molar-refractivity contribution in [1.29, 1.82) is 0 Å². The van der Waals surface area contributed by atoms with Gasteiger partial charge >= 0.3 is 0 Å². The highest BCUT2D eigenvalue weighted by Crippen LogP contribution is 2.30. The summed E-state index contributed by atoms with van der Waals surface area (Å²) >= 11 is 0. The fourth-order valence-corrected chi connectivity index (χ4v) is 5.23. The Balaban J connectivity index is 1.65. The summed E-state index contributed by atoms with van der Waals surface area (Å²) < 4.78 is 46.7. The molecule has 1 aromatic carbocycles. The summed E-state index contributed by atoms with van der Waals surface area (Å²) in [6, 6.07) is 4.37. The molecule has 2 aromatic heterocycles. The van der Waals surface area contributed by atoms with E-state index in [1.807, 2.05) is 0 Å². The van der Waals surface area contributed by atoms with E-state index < -0.39 is 10.0 Å². The fourth-order valence-electron chi connectivity index (χ4n) is 3.63. The van der Waals surface area contributed by atoms with Crippen molar-refractivity contribution in [3.05, 3.63) is 46.7 Å². The summed E-state index contributed by atoms with van der Waals surface area (Å²) in [4.78, 5) is 3.40. The summed E-state index contributed by atoms with van der Waals surface area (Å²) in [6.45, 7) is 3.18. The molecule has 3 aromatic rings. The van der Waals surface area contributed by atoms with Gasteiger partial charge < -0.3 is 9.51 Å². The minimum Gasteiger partial charge on any atom is -0.360 e. The molecule has 2 N–H and O–H groups in total. The predicted octanol–water partition coefficient (Wildman–Crippen LogP) is 2.75.